The molecule has 2 aliphatic carbocycles. The van der Waals surface area contributed by atoms with Gasteiger partial charge in [0.15, 0.2) is 5.78 Å². The first-order valence-electron chi connectivity index (χ1n) is 10.3. The molecule has 2 fully saturated rings. The number of allylic oxidation sites excluding steroid dienone is 5. The molecule has 5 atom stereocenters. The summed E-state index contributed by atoms with van der Waals surface area (Å²) < 4.78 is 0. The molecular weight excluding hydrogens is 348 g/mol. The maximum atomic E-state index is 12.5. The number of nitrogens with one attached hydrogen (secondary N) is 1. The molecule has 1 saturated heterocycles. The van der Waals surface area contributed by atoms with Crippen molar-refractivity contribution in [2.45, 2.75) is 59.5 Å². The zero-order valence-electron chi connectivity index (χ0n) is 17.9. The fourth-order valence-electron chi connectivity index (χ4n) is 5.65. The van der Waals surface area contributed by atoms with Crippen LogP contribution in [-0.2, 0) is 9.59 Å². The first kappa shape index (κ1) is 20.6. The second kappa shape index (κ2) is 7.38. The standard InChI is InChI=1S/C24H34N2O2/c1-8-10-18-12-19(11-17(18)9-2)22(25-16(5)28)14(3)26-13-20-21(24(20,6)7)23(26)15(4)27/h8-10,19-23H,2-3,11-13H2,1,4-7H3,(H,25,28)/b10-8-/t19?,20-,21-,22?,23?/m0/s1. The molecule has 0 aromatic carbocycles. The molecule has 28 heavy (non-hydrogen) atoms. The molecule has 3 unspecified atom stereocenters. The highest BCUT2D eigenvalue weighted by atomic mass is 16.1. The van der Waals surface area contributed by atoms with E-state index in [0.29, 0.717) is 11.8 Å². The molecule has 1 aliphatic heterocycles. The highest BCUT2D eigenvalue weighted by molar-refractivity contribution is 5.83. The molecule has 0 spiro atoms. The average Bonchev–Trinajstić information content (AvgIpc) is 3.02. The van der Waals surface area contributed by atoms with E-state index in [2.05, 4.69) is 43.3 Å². The van der Waals surface area contributed by atoms with Gasteiger partial charge in [0.05, 0.1) is 12.1 Å². The minimum Gasteiger partial charge on any atom is -0.363 e. The van der Waals surface area contributed by atoms with Gasteiger partial charge >= 0.3 is 0 Å². The zero-order chi connectivity index (χ0) is 20.8. The van der Waals surface area contributed by atoms with Crippen molar-refractivity contribution in [3.8, 4) is 0 Å². The summed E-state index contributed by atoms with van der Waals surface area (Å²) in [6.07, 6.45) is 7.85. The number of Topliss-reactive ketones (excluding diaryl/α,β-unsaturated/α-hetero) is 1. The molecule has 1 saturated carbocycles. The van der Waals surface area contributed by atoms with Gasteiger partial charge < -0.3 is 10.2 Å². The van der Waals surface area contributed by atoms with E-state index in [0.717, 1.165) is 25.1 Å². The van der Waals surface area contributed by atoms with Crippen molar-refractivity contribution in [3.63, 3.8) is 0 Å². The van der Waals surface area contributed by atoms with Crippen LogP contribution in [0.3, 0.4) is 0 Å². The molecular formula is C24H34N2O2. The van der Waals surface area contributed by atoms with E-state index < -0.39 is 0 Å². The molecule has 3 rings (SSSR count). The highest BCUT2D eigenvalue weighted by Crippen LogP contribution is 2.65. The molecule has 0 radical (unpaired) electrons. The molecule has 1 N–H and O–H groups in total. The van der Waals surface area contributed by atoms with Crippen LogP contribution in [-0.4, -0.2) is 35.2 Å². The van der Waals surface area contributed by atoms with Gasteiger partial charge in [0.25, 0.3) is 0 Å². The summed E-state index contributed by atoms with van der Waals surface area (Å²) in [6.45, 7) is 19.0. The van der Waals surface area contributed by atoms with E-state index in [-0.39, 0.29) is 35.1 Å². The van der Waals surface area contributed by atoms with Gasteiger partial charge in [-0.15, -0.1) is 0 Å². The van der Waals surface area contributed by atoms with Crippen molar-refractivity contribution in [3.05, 3.63) is 48.2 Å². The van der Waals surface area contributed by atoms with E-state index >= 15 is 0 Å². The lowest BCUT2D eigenvalue weighted by Gasteiger charge is -2.38. The maximum absolute atomic E-state index is 12.5. The van der Waals surface area contributed by atoms with Gasteiger partial charge in [-0.25, -0.2) is 0 Å². The topological polar surface area (TPSA) is 49.4 Å². The number of hydrogen-bond donors (Lipinski definition) is 1. The van der Waals surface area contributed by atoms with Crippen molar-refractivity contribution in [1.82, 2.24) is 10.2 Å². The Labute approximate surface area is 169 Å². The number of ketones is 1. The van der Waals surface area contributed by atoms with Gasteiger partial charge in [0.2, 0.25) is 5.91 Å². The van der Waals surface area contributed by atoms with Crippen LogP contribution in [0.25, 0.3) is 0 Å². The van der Waals surface area contributed by atoms with Crippen molar-refractivity contribution in [2.24, 2.45) is 23.2 Å². The number of amides is 1. The van der Waals surface area contributed by atoms with Gasteiger partial charge in [0.1, 0.15) is 0 Å². The lowest BCUT2D eigenvalue weighted by atomic mass is 9.90. The number of rotatable bonds is 7. The van der Waals surface area contributed by atoms with Crippen LogP contribution in [0.1, 0.15) is 47.5 Å². The number of carbonyl (C=O) groups excluding carboxylic acids is 2. The monoisotopic (exact) mass is 382 g/mol. The van der Waals surface area contributed by atoms with Crippen LogP contribution in [0, 0.1) is 23.2 Å². The van der Waals surface area contributed by atoms with Crippen molar-refractivity contribution in [1.29, 1.82) is 0 Å². The SMILES string of the molecule is C=CC1=C(/C=C\C)CC(C(NC(C)=O)C(=C)N2C[C@H]3[C@@H](C2C(C)=O)C3(C)C)C1. The second-order valence-corrected chi connectivity index (χ2v) is 9.25. The summed E-state index contributed by atoms with van der Waals surface area (Å²) in [5, 5.41) is 3.14. The number of hydrogen-bond acceptors (Lipinski definition) is 3. The predicted octanol–water partition coefficient (Wildman–Crippen LogP) is 4.02. The van der Waals surface area contributed by atoms with E-state index in [9.17, 15) is 9.59 Å². The van der Waals surface area contributed by atoms with Gasteiger partial charge in [-0.3, -0.25) is 9.59 Å². The van der Waals surface area contributed by atoms with Crippen LogP contribution >= 0.6 is 0 Å². The maximum Gasteiger partial charge on any atom is 0.217 e. The minimum absolute atomic E-state index is 0.0603. The second-order valence-electron chi connectivity index (χ2n) is 9.25. The Bertz CT molecular complexity index is 773. The van der Waals surface area contributed by atoms with Crippen LogP contribution in [0.5, 0.6) is 0 Å². The Balaban J connectivity index is 1.83. The lowest BCUT2D eigenvalue weighted by Crippen LogP contribution is -2.49. The number of carbonyl (C=O) groups is 2. The number of piperidine rings is 1. The van der Waals surface area contributed by atoms with E-state index in [1.54, 1.807) is 13.8 Å². The fraction of sp³-hybridized carbons (Fsp3) is 0.583. The van der Waals surface area contributed by atoms with Crippen molar-refractivity contribution >= 4 is 11.7 Å². The first-order chi connectivity index (χ1) is 13.1. The molecule has 0 aromatic heterocycles. The van der Waals surface area contributed by atoms with Crippen LogP contribution < -0.4 is 5.32 Å². The Hall–Kier alpha value is -2.10. The summed E-state index contributed by atoms with van der Waals surface area (Å²) in [7, 11) is 0. The minimum atomic E-state index is -0.169. The fourth-order valence-corrected chi connectivity index (χ4v) is 5.65. The van der Waals surface area contributed by atoms with Crippen LogP contribution in [0.4, 0.5) is 0 Å². The molecule has 3 aliphatic rings. The largest absolute Gasteiger partial charge is 0.363 e. The molecule has 1 amide bonds. The average molecular weight is 383 g/mol. The Kier molecular flexibility index (Phi) is 5.44. The Morgan fingerprint density at radius 3 is 2.43 bits per heavy atom. The van der Waals surface area contributed by atoms with Crippen LogP contribution in [0.2, 0.25) is 0 Å². The summed E-state index contributed by atoms with van der Waals surface area (Å²) >= 11 is 0. The summed E-state index contributed by atoms with van der Waals surface area (Å²) in [6, 6.07) is -0.287. The quantitative estimate of drug-likeness (QED) is 0.723. The van der Waals surface area contributed by atoms with E-state index in [4.69, 9.17) is 0 Å². The normalized spacial score (nSPS) is 31.7. The lowest BCUT2D eigenvalue weighted by molar-refractivity contribution is -0.122. The van der Waals surface area contributed by atoms with Crippen LogP contribution in [0.15, 0.2) is 48.2 Å². The van der Waals surface area contributed by atoms with E-state index in [1.807, 2.05) is 19.1 Å². The predicted molar refractivity (Wildman–Crippen MR) is 113 cm³/mol. The molecule has 0 bridgehead atoms. The third kappa shape index (κ3) is 3.38. The van der Waals surface area contributed by atoms with Gasteiger partial charge in [0, 0.05) is 19.2 Å². The molecule has 4 nitrogen and oxygen atoms in total. The third-order valence-electron chi connectivity index (χ3n) is 7.17. The summed E-state index contributed by atoms with van der Waals surface area (Å²) in [5.74, 6) is 1.29. The molecule has 4 heteroatoms. The van der Waals surface area contributed by atoms with Crippen molar-refractivity contribution in [2.75, 3.05) is 6.54 Å². The molecule has 0 aromatic rings. The first-order valence-corrected chi connectivity index (χ1v) is 10.3. The molecule has 152 valence electrons. The number of nitrogens with zero attached hydrogens (tertiary/aromatic N) is 1. The highest BCUT2D eigenvalue weighted by Gasteiger charge is 2.68. The zero-order valence-corrected chi connectivity index (χ0v) is 17.9. The summed E-state index contributed by atoms with van der Waals surface area (Å²) in [4.78, 5) is 26.7. The summed E-state index contributed by atoms with van der Waals surface area (Å²) in [5.41, 5.74) is 3.62. The smallest absolute Gasteiger partial charge is 0.217 e. The Morgan fingerprint density at radius 2 is 1.89 bits per heavy atom. The van der Waals surface area contributed by atoms with Crippen molar-refractivity contribution < 1.29 is 9.59 Å². The van der Waals surface area contributed by atoms with E-state index in [1.165, 1.54) is 11.1 Å². The van der Waals surface area contributed by atoms with Gasteiger partial charge in [-0.2, -0.15) is 0 Å². The number of likely N-dealkylation sites (tertiary alicyclic amines) is 1. The molecule has 1 heterocycles. The number of fused-ring (bicyclic) bond motifs is 1. The van der Waals surface area contributed by atoms with Gasteiger partial charge in [-0.05, 0) is 61.0 Å². The Morgan fingerprint density at radius 1 is 1.25 bits per heavy atom. The third-order valence-corrected chi connectivity index (χ3v) is 7.17. The van der Waals surface area contributed by atoms with Gasteiger partial charge in [-0.1, -0.05) is 45.2 Å².